The van der Waals surface area contributed by atoms with Crippen molar-refractivity contribution in [1.29, 1.82) is 0 Å². The lowest BCUT2D eigenvalue weighted by Crippen LogP contribution is -2.45. The Morgan fingerprint density at radius 1 is 1.15 bits per heavy atom. The first-order chi connectivity index (χ1) is 13.1. The molecule has 1 amide bonds. The summed E-state index contributed by atoms with van der Waals surface area (Å²) in [6, 6.07) is 10.2. The summed E-state index contributed by atoms with van der Waals surface area (Å²) in [5.74, 6) is 0.391. The number of fused-ring (bicyclic) bond motifs is 1. The smallest absolute Gasteiger partial charge is 0.356 e. The van der Waals surface area contributed by atoms with Gasteiger partial charge in [0.2, 0.25) is 0 Å². The van der Waals surface area contributed by atoms with Gasteiger partial charge in [0, 0.05) is 18.0 Å². The number of pyridine rings is 1. The van der Waals surface area contributed by atoms with E-state index in [1.807, 2.05) is 24.3 Å². The van der Waals surface area contributed by atoms with Gasteiger partial charge in [-0.3, -0.25) is 4.79 Å². The van der Waals surface area contributed by atoms with Gasteiger partial charge in [0.1, 0.15) is 18.0 Å². The number of hydrazine groups is 2. The first-order valence-electron chi connectivity index (χ1n) is 9.02. The van der Waals surface area contributed by atoms with Gasteiger partial charge < -0.3 is 4.74 Å². The molecule has 140 valence electrons. The Morgan fingerprint density at radius 2 is 1.93 bits per heavy atom. The molecule has 8 heteroatoms. The van der Waals surface area contributed by atoms with Crippen LogP contribution in [0.4, 0.5) is 0 Å². The molecule has 0 aliphatic carbocycles. The molecule has 7 nitrogen and oxygen atoms in total. The Kier molecular flexibility index (Phi) is 4.94. The zero-order valence-corrected chi connectivity index (χ0v) is 15.5. The summed E-state index contributed by atoms with van der Waals surface area (Å²) in [6.45, 7) is 1.65. The topological polar surface area (TPSA) is 65.8 Å². The quantitative estimate of drug-likeness (QED) is 0.738. The van der Waals surface area contributed by atoms with Crippen molar-refractivity contribution in [3.8, 4) is 5.75 Å². The highest BCUT2D eigenvalue weighted by atomic mass is 35.5. The summed E-state index contributed by atoms with van der Waals surface area (Å²) in [6.07, 6.45) is 4.13. The lowest BCUT2D eigenvalue weighted by Gasteiger charge is -2.24. The van der Waals surface area contributed by atoms with Crippen LogP contribution in [-0.2, 0) is 11.2 Å². The third kappa shape index (κ3) is 3.60. The Hall–Kier alpha value is -2.67. The van der Waals surface area contributed by atoms with E-state index in [-0.39, 0.29) is 5.91 Å². The van der Waals surface area contributed by atoms with Gasteiger partial charge in [-0.15, -0.1) is 0 Å². The third-order valence-corrected chi connectivity index (χ3v) is 5.06. The van der Waals surface area contributed by atoms with E-state index >= 15 is 0 Å². The highest BCUT2D eigenvalue weighted by Gasteiger charge is 2.55. The van der Waals surface area contributed by atoms with Gasteiger partial charge in [-0.05, 0) is 47.8 Å². The molecule has 0 N–H and O–H groups in total. The van der Waals surface area contributed by atoms with Crippen molar-refractivity contribution in [1.82, 2.24) is 15.1 Å². The minimum Gasteiger partial charge on any atom is -0.492 e. The molecule has 2 fully saturated rings. The maximum absolute atomic E-state index is 12.6. The second-order valence-corrected chi connectivity index (χ2v) is 7.05. The fourth-order valence-corrected chi connectivity index (χ4v) is 3.49. The molecule has 2 aromatic rings. The maximum Gasteiger partial charge on any atom is 0.356 e. The van der Waals surface area contributed by atoms with Crippen LogP contribution in [0.25, 0.3) is 0 Å². The lowest BCUT2D eigenvalue weighted by atomic mass is 10.1. The first-order valence-corrected chi connectivity index (χ1v) is 9.39. The van der Waals surface area contributed by atoms with Crippen LogP contribution in [0.5, 0.6) is 5.75 Å². The van der Waals surface area contributed by atoms with Crippen molar-refractivity contribution in [2.24, 2.45) is 0 Å². The van der Waals surface area contributed by atoms with Gasteiger partial charge in [-0.2, -0.15) is 5.01 Å². The predicted octanol–water partition coefficient (Wildman–Crippen LogP) is 2.94. The van der Waals surface area contributed by atoms with Crippen LogP contribution in [0, 0.1) is 4.91 Å². The van der Waals surface area contributed by atoms with Crippen molar-refractivity contribution in [3.05, 3.63) is 63.8 Å². The molecule has 0 spiro atoms. The average Bonchev–Trinajstić information content (AvgIpc) is 2.95. The molecule has 1 unspecified atom stereocenters. The highest BCUT2D eigenvalue weighted by molar-refractivity contribution is 6.30. The Balaban J connectivity index is 1.38. The van der Waals surface area contributed by atoms with Crippen LogP contribution < -0.4 is 4.74 Å². The number of rotatable bonds is 5. The summed E-state index contributed by atoms with van der Waals surface area (Å²) in [7, 11) is 0. The number of hydrogen-bond donors (Lipinski definition) is 0. The lowest BCUT2D eigenvalue weighted by molar-refractivity contribution is -0.741. The number of carbonyl (C=O) groups is 1. The molecule has 1 atom stereocenters. The number of hydrogen-bond acceptors (Lipinski definition) is 4. The molecule has 27 heavy (non-hydrogen) atoms. The van der Waals surface area contributed by atoms with E-state index < -0.39 is 6.04 Å². The van der Waals surface area contributed by atoms with Crippen LogP contribution in [0.3, 0.4) is 0 Å². The third-order valence-electron chi connectivity index (χ3n) is 4.81. The summed E-state index contributed by atoms with van der Waals surface area (Å²) in [4.78, 5) is 30.1. The van der Waals surface area contributed by atoms with Gasteiger partial charge in [0.25, 0.3) is 0 Å². The number of benzene rings is 1. The molecule has 2 saturated heterocycles. The molecule has 3 heterocycles. The predicted molar refractivity (Wildman–Crippen MR) is 98.9 cm³/mol. The summed E-state index contributed by atoms with van der Waals surface area (Å²) in [5, 5.41) is 3.72. The van der Waals surface area contributed by atoms with Crippen LogP contribution in [-0.4, -0.2) is 45.6 Å². The van der Waals surface area contributed by atoms with Crippen LogP contribution in [0.15, 0.2) is 42.6 Å². The largest absolute Gasteiger partial charge is 0.492 e. The maximum atomic E-state index is 12.6. The minimum atomic E-state index is -0.911. The Morgan fingerprint density at radius 3 is 2.63 bits per heavy atom. The molecular weight excluding hydrogens is 368 g/mol. The van der Waals surface area contributed by atoms with E-state index in [4.69, 9.17) is 16.3 Å². The van der Waals surface area contributed by atoms with E-state index in [2.05, 4.69) is 4.98 Å². The summed E-state index contributed by atoms with van der Waals surface area (Å²) >= 11 is 5.88. The number of nitrogens with zero attached hydrogens (tertiary/aromatic N) is 4. The van der Waals surface area contributed by atoms with Gasteiger partial charge in [0.05, 0.1) is 17.7 Å². The van der Waals surface area contributed by atoms with Crippen LogP contribution in [0.1, 0.15) is 30.1 Å². The van der Waals surface area contributed by atoms with E-state index in [1.54, 1.807) is 18.3 Å². The number of aromatic nitrogens is 1. The number of halogens is 1. The van der Waals surface area contributed by atoms with E-state index in [0.29, 0.717) is 36.2 Å². The average molecular weight is 388 g/mol. The molecule has 1 aromatic heterocycles. The minimum absolute atomic E-state index is 0.214. The number of ether oxygens (including phenoxy) is 1. The van der Waals surface area contributed by atoms with E-state index in [1.165, 1.54) is 10.1 Å². The van der Waals surface area contributed by atoms with Crippen LogP contribution in [0.2, 0.25) is 5.02 Å². The van der Waals surface area contributed by atoms with E-state index in [9.17, 15) is 9.70 Å². The van der Waals surface area contributed by atoms with Gasteiger partial charge >= 0.3 is 11.9 Å². The molecule has 4 rings (SSSR count). The Bertz CT molecular complexity index is 817. The summed E-state index contributed by atoms with van der Waals surface area (Å²) < 4.78 is 5.71. The van der Waals surface area contributed by atoms with E-state index in [0.717, 1.165) is 29.7 Å². The first kappa shape index (κ1) is 17.7. The molecular formula is C19H20ClN4O3+. The standard InChI is InChI=1S/C19H20ClN4O3/c20-15-5-3-14(4-6-15)9-12-27-16-7-8-17(21-13-16)18-19(25)22-10-1-2-11-23(22)24(18)26/h3-8,13,18H,1-2,9-12H2/q+1. The van der Waals surface area contributed by atoms with Crippen molar-refractivity contribution in [2.45, 2.75) is 25.3 Å². The van der Waals surface area contributed by atoms with Gasteiger partial charge in [0.15, 0.2) is 4.87 Å². The fourth-order valence-electron chi connectivity index (χ4n) is 3.37. The molecule has 1 aromatic carbocycles. The van der Waals surface area contributed by atoms with Crippen LogP contribution >= 0.6 is 11.6 Å². The number of nitroso groups, excluding NO2 is 1. The second kappa shape index (κ2) is 7.52. The van der Waals surface area contributed by atoms with Crippen molar-refractivity contribution >= 4 is 17.5 Å². The second-order valence-electron chi connectivity index (χ2n) is 6.61. The van der Waals surface area contributed by atoms with Gasteiger partial charge in [-0.25, -0.2) is 4.98 Å². The fraction of sp³-hybridized carbons (Fsp3) is 0.368. The normalized spacial score (nSPS) is 19.4. The number of amides is 1. The molecule has 0 bridgehead atoms. The zero-order valence-electron chi connectivity index (χ0n) is 14.8. The Labute approximate surface area is 162 Å². The van der Waals surface area contributed by atoms with Gasteiger partial charge in [-0.1, -0.05) is 23.7 Å². The van der Waals surface area contributed by atoms with Crippen molar-refractivity contribution in [3.63, 3.8) is 0 Å². The molecule has 2 aliphatic heterocycles. The molecule has 2 aliphatic rings. The molecule has 0 saturated carbocycles. The highest BCUT2D eigenvalue weighted by Crippen LogP contribution is 2.30. The molecule has 0 radical (unpaired) electrons. The van der Waals surface area contributed by atoms with Crippen molar-refractivity contribution in [2.75, 3.05) is 19.7 Å². The summed E-state index contributed by atoms with van der Waals surface area (Å²) in [5.41, 5.74) is 1.57. The number of carbonyl (C=O) groups excluding carboxylic acids is 1. The monoisotopic (exact) mass is 387 g/mol. The zero-order chi connectivity index (χ0) is 18.8. The van der Waals surface area contributed by atoms with Crippen molar-refractivity contribution < 1.29 is 14.4 Å². The SMILES string of the molecule is O=C1C(c2ccc(OCCc3ccc(Cl)cc3)cn2)[N+](=O)N2CCCCN12.